The first-order chi connectivity index (χ1) is 8.95. The highest BCUT2D eigenvalue weighted by Gasteiger charge is 2.21. The van der Waals surface area contributed by atoms with Crippen molar-refractivity contribution < 1.29 is 9.47 Å². The summed E-state index contributed by atoms with van der Waals surface area (Å²) >= 11 is 0. The Kier molecular flexibility index (Phi) is 6.16. The van der Waals surface area contributed by atoms with E-state index >= 15 is 0 Å². The van der Waals surface area contributed by atoms with Crippen LogP contribution in [-0.4, -0.2) is 26.8 Å². The van der Waals surface area contributed by atoms with Gasteiger partial charge in [0.15, 0.2) is 0 Å². The standard InChI is InChI=1S/C16H27NO2/c1-13(2)16(3,4)12-17-10-11-19-15-8-6-14(18-5)7-9-15/h6-9,13,17H,10-12H2,1-5H3. The number of rotatable bonds is 8. The summed E-state index contributed by atoms with van der Waals surface area (Å²) in [5.41, 5.74) is 0.320. The SMILES string of the molecule is COc1ccc(OCCNCC(C)(C)C(C)C)cc1. The summed E-state index contributed by atoms with van der Waals surface area (Å²) in [6.45, 7) is 11.6. The fraction of sp³-hybridized carbons (Fsp3) is 0.625. The molecule has 0 radical (unpaired) electrons. The van der Waals surface area contributed by atoms with Crippen molar-refractivity contribution in [3.8, 4) is 11.5 Å². The van der Waals surface area contributed by atoms with Gasteiger partial charge in [0, 0.05) is 13.1 Å². The lowest BCUT2D eigenvalue weighted by atomic mass is 9.81. The van der Waals surface area contributed by atoms with Gasteiger partial charge in [0.2, 0.25) is 0 Å². The predicted octanol–water partition coefficient (Wildman–Crippen LogP) is 3.35. The van der Waals surface area contributed by atoms with Gasteiger partial charge in [-0.2, -0.15) is 0 Å². The molecular formula is C16H27NO2. The summed E-state index contributed by atoms with van der Waals surface area (Å²) in [5, 5.41) is 3.45. The van der Waals surface area contributed by atoms with Gasteiger partial charge in [0.1, 0.15) is 18.1 Å². The zero-order valence-corrected chi connectivity index (χ0v) is 12.8. The van der Waals surface area contributed by atoms with Crippen LogP contribution in [0, 0.1) is 11.3 Å². The Balaban J connectivity index is 2.20. The number of nitrogens with one attached hydrogen (secondary N) is 1. The van der Waals surface area contributed by atoms with E-state index in [1.165, 1.54) is 0 Å². The summed E-state index contributed by atoms with van der Waals surface area (Å²) in [6, 6.07) is 7.67. The van der Waals surface area contributed by atoms with E-state index in [0.717, 1.165) is 24.6 Å². The van der Waals surface area contributed by atoms with E-state index in [1.54, 1.807) is 7.11 Å². The normalized spacial score (nSPS) is 11.7. The molecule has 1 rings (SSSR count). The Morgan fingerprint density at radius 1 is 1.11 bits per heavy atom. The van der Waals surface area contributed by atoms with Gasteiger partial charge in [-0.25, -0.2) is 0 Å². The van der Waals surface area contributed by atoms with Gasteiger partial charge >= 0.3 is 0 Å². The lowest BCUT2D eigenvalue weighted by Gasteiger charge is -2.29. The van der Waals surface area contributed by atoms with E-state index in [0.29, 0.717) is 17.9 Å². The van der Waals surface area contributed by atoms with Crippen LogP contribution in [0.4, 0.5) is 0 Å². The van der Waals surface area contributed by atoms with Crippen molar-refractivity contribution in [3.63, 3.8) is 0 Å². The summed E-state index contributed by atoms with van der Waals surface area (Å²) in [7, 11) is 1.66. The van der Waals surface area contributed by atoms with Gasteiger partial charge < -0.3 is 14.8 Å². The molecule has 0 heterocycles. The van der Waals surface area contributed by atoms with Crippen molar-refractivity contribution in [2.45, 2.75) is 27.7 Å². The van der Waals surface area contributed by atoms with E-state index in [-0.39, 0.29) is 0 Å². The fourth-order valence-electron chi connectivity index (χ4n) is 1.53. The number of ether oxygens (including phenoxy) is 2. The van der Waals surface area contributed by atoms with Gasteiger partial charge in [-0.15, -0.1) is 0 Å². The highest BCUT2D eigenvalue weighted by atomic mass is 16.5. The highest BCUT2D eigenvalue weighted by molar-refractivity contribution is 5.31. The summed E-state index contributed by atoms with van der Waals surface area (Å²) < 4.78 is 10.8. The first-order valence-corrected chi connectivity index (χ1v) is 6.93. The third kappa shape index (κ3) is 5.52. The molecule has 1 aromatic carbocycles. The maximum atomic E-state index is 5.66. The molecule has 0 unspecified atom stereocenters. The van der Waals surface area contributed by atoms with Gasteiger partial charge in [0.25, 0.3) is 0 Å². The van der Waals surface area contributed by atoms with Crippen LogP contribution in [0.15, 0.2) is 24.3 Å². The zero-order valence-electron chi connectivity index (χ0n) is 12.8. The molecule has 0 atom stereocenters. The molecule has 1 N–H and O–H groups in total. The van der Waals surface area contributed by atoms with Crippen molar-refractivity contribution in [2.24, 2.45) is 11.3 Å². The molecule has 0 saturated carbocycles. The number of hydrogen-bond donors (Lipinski definition) is 1. The van der Waals surface area contributed by atoms with Gasteiger partial charge in [-0.3, -0.25) is 0 Å². The van der Waals surface area contributed by atoms with E-state index in [1.807, 2.05) is 24.3 Å². The average Bonchev–Trinajstić information content (AvgIpc) is 2.38. The minimum Gasteiger partial charge on any atom is -0.497 e. The Bertz CT molecular complexity index is 358. The lowest BCUT2D eigenvalue weighted by Crippen LogP contribution is -2.35. The van der Waals surface area contributed by atoms with Crippen LogP contribution >= 0.6 is 0 Å². The van der Waals surface area contributed by atoms with Crippen molar-refractivity contribution in [1.82, 2.24) is 5.32 Å². The van der Waals surface area contributed by atoms with E-state index in [2.05, 4.69) is 33.0 Å². The highest BCUT2D eigenvalue weighted by Crippen LogP contribution is 2.24. The molecule has 3 heteroatoms. The Labute approximate surface area is 117 Å². The molecule has 0 aromatic heterocycles. The van der Waals surface area contributed by atoms with Gasteiger partial charge in [0.05, 0.1) is 7.11 Å². The molecule has 0 aliphatic heterocycles. The Morgan fingerprint density at radius 3 is 2.21 bits per heavy atom. The minimum atomic E-state index is 0.320. The van der Waals surface area contributed by atoms with Gasteiger partial charge in [-0.1, -0.05) is 27.7 Å². The molecule has 0 bridgehead atoms. The van der Waals surface area contributed by atoms with Crippen LogP contribution in [-0.2, 0) is 0 Å². The third-order valence-corrected chi connectivity index (χ3v) is 3.75. The first-order valence-electron chi connectivity index (χ1n) is 6.93. The summed E-state index contributed by atoms with van der Waals surface area (Å²) in [6.07, 6.45) is 0. The third-order valence-electron chi connectivity index (χ3n) is 3.75. The van der Waals surface area contributed by atoms with Gasteiger partial charge in [-0.05, 0) is 35.6 Å². The molecule has 1 aromatic rings. The number of benzene rings is 1. The molecule has 19 heavy (non-hydrogen) atoms. The summed E-state index contributed by atoms with van der Waals surface area (Å²) in [4.78, 5) is 0. The second kappa shape index (κ2) is 7.39. The molecule has 0 amide bonds. The van der Waals surface area contributed by atoms with Crippen LogP contribution in [0.25, 0.3) is 0 Å². The summed E-state index contributed by atoms with van der Waals surface area (Å²) in [5.74, 6) is 2.40. The maximum absolute atomic E-state index is 5.66. The fourth-order valence-corrected chi connectivity index (χ4v) is 1.53. The zero-order chi connectivity index (χ0) is 14.3. The molecule has 108 valence electrons. The predicted molar refractivity (Wildman–Crippen MR) is 80.0 cm³/mol. The van der Waals surface area contributed by atoms with Crippen LogP contribution in [0.3, 0.4) is 0 Å². The number of methoxy groups -OCH3 is 1. The molecule has 0 aliphatic rings. The largest absolute Gasteiger partial charge is 0.497 e. The van der Waals surface area contributed by atoms with E-state index in [9.17, 15) is 0 Å². The van der Waals surface area contributed by atoms with E-state index < -0.39 is 0 Å². The second-order valence-electron chi connectivity index (χ2n) is 5.84. The van der Waals surface area contributed by atoms with Crippen LogP contribution in [0.2, 0.25) is 0 Å². The Hall–Kier alpha value is -1.22. The van der Waals surface area contributed by atoms with Crippen LogP contribution in [0.5, 0.6) is 11.5 Å². The van der Waals surface area contributed by atoms with Crippen LogP contribution < -0.4 is 14.8 Å². The number of hydrogen-bond acceptors (Lipinski definition) is 3. The van der Waals surface area contributed by atoms with Crippen molar-refractivity contribution in [1.29, 1.82) is 0 Å². The lowest BCUT2D eigenvalue weighted by molar-refractivity contribution is 0.228. The molecular weight excluding hydrogens is 238 g/mol. The molecule has 0 fully saturated rings. The monoisotopic (exact) mass is 265 g/mol. The van der Waals surface area contributed by atoms with Crippen molar-refractivity contribution >= 4 is 0 Å². The second-order valence-corrected chi connectivity index (χ2v) is 5.84. The average molecular weight is 265 g/mol. The van der Waals surface area contributed by atoms with E-state index in [4.69, 9.17) is 9.47 Å². The minimum absolute atomic E-state index is 0.320. The molecule has 0 saturated heterocycles. The first kappa shape index (κ1) is 15.8. The Morgan fingerprint density at radius 2 is 1.68 bits per heavy atom. The maximum Gasteiger partial charge on any atom is 0.119 e. The quantitative estimate of drug-likeness (QED) is 0.731. The van der Waals surface area contributed by atoms with Crippen molar-refractivity contribution in [3.05, 3.63) is 24.3 Å². The molecule has 0 aliphatic carbocycles. The van der Waals surface area contributed by atoms with Crippen molar-refractivity contribution in [2.75, 3.05) is 26.8 Å². The molecule has 0 spiro atoms. The smallest absolute Gasteiger partial charge is 0.119 e. The topological polar surface area (TPSA) is 30.5 Å². The molecule has 3 nitrogen and oxygen atoms in total. The van der Waals surface area contributed by atoms with Crippen LogP contribution in [0.1, 0.15) is 27.7 Å².